The summed E-state index contributed by atoms with van der Waals surface area (Å²) in [4.78, 5) is 35.4. The van der Waals surface area contributed by atoms with E-state index in [1.807, 2.05) is 0 Å². The van der Waals surface area contributed by atoms with E-state index < -0.39 is 24.4 Å². The normalized spacial score (nSPS) is 10.2. The first kappa shape index (κ1) is 17.4. The number of hydrogen-bond donors (Lipinski definition) is 1. The highest BCUT2D eigenvalue weighted by Crippen LogP contribution is 2.07. The third-order valence-electron chi connectivity index (χ3n) is 3.26. The molecule has 0 saturated carbocycles. The molecule has 126 valence electrons. The average molecular weight is 330 g/mol. The molecule has 1 aromatic heterocycles. The van der Waals surface area contributed by atoms with Crippen LogP contribution in [0.15, 0.2) is 42.6 Å². The first-order chi connectivity index (χ1) is 11.5. The number of hydrogen-bond acceptors (Lipinski definition) is 5. The highest BCUT2D eigenvalue weighted by Gasteiger charge is 2.15. The van der Waals surface area contributed by atoms with E-state index in [9.17, 15) is 14.4 Å². The van der Waals surface area contributed by atoms with Crippen molar-refractivity contribution in [2.24, 2.45) is 7.05 Å². The summed E-state index contributed by atoms with van der Waals surface area (Å²) in [5, 5.41) is 2.16. The van der Waals surface area contributed by atoms with Gasteiger partial charge in [-0.1, -0.05) is 12.1 Å². The summed E-state index contributed by atoms with van der Waals surface area (Å²) in [5.74, 6) is -1.88. The molecule has 2 rings (SSSR count). The molecule has 0 radical (unpaired) electrons. The van der Waals surface area contributed by atoms with Gasteiger partial charge in [0.1, 0.15) is 5.69 Å². The molecule has 0 fully saturated rings. The van der Waals surface area contributed by atoms with Gasteiger partial charge in [0.15, 0.2) is 6.61 Å². The summed E-state index contributed by atoms with van der Waals surface area (Å²) in [6.07, 6.45) is 1.69. The zero-order valence-corrected chi connectivity index (χ0v) is 13.4. The summed E-state index contributed by atoms with van der Waals surface area (Å²) in [7, 11) is 3.27. The fourth-order valence-electron chi connectivity index (χ4n) is 2.04. The summed E-state index contributed by atoms with van der Waals surface area (Å²) in [5.41, 5.74) is 1.57. The largest absolute Gasteiger partial charge is 0.452 e. The van der Waals surface area contributed by atoms with Crippen LogP contribution in [0.2, 0.25) is 0 Å². The fraction of sp³-hybridized carbons (Fsp3) is 0.235. The molecule has 0 bridgehead atoms. The fourth-order valence-corrected chi connectivity index (χ4v) is 2.04. The third kappa shape index (κ3) is 4.53. The number of carbonyl (C=O) groups excluding carboxylic acids is 3. The number of methoxy groups -OCH3 is 1. The van der Waals surface area contributed by atoms with Gasteiger partial charge < -0.3 is 14.0 Å². The van der Waals surface area contributed by atoms with E-state index in [-0.39, 0.29) is 0 Å². The molecule has 0 aliphatic heterocycles. The van der Waals surface area contributed by atoms with Gasteiger partial charge >= 0.3 is 5.97 Å². The molecule has 0 spiro atoms. The van der Waals surface area contributed by atoms with E-state index >= 15 is 0 Å². The predicted octanol–water partition coefficient (Wildman–Crippen LogP) is 1.28. The Kier molecular flexibility index (Phi) is 5.86. The van der Waals surface area contributed by atoms with E-state index in [1.54, 1.807) is 61.3 Å². The number of benzene rings is 1. The SMILES string of the molecule is COCc1ccc(C(=O)OCC(=O)NC(=O)c2cccn2C)cc1. The van der Waals surface area contributed by atoms with Gasteiger partial charge in [-0.05, 0) is 29.8 Å². The number of ether oxygens (including phenoxy) is 2. The van der Waals surface area contributed by atoms with Crippen LogP contribution in [0.25, 0.3) is 0 Å². The van der Waals surface area contributed by atoms with Crippen molar-refractivity contribution in [2.75, 3.05) is 13.7 Å². The van der Waals surface area contributed by atoms with Crippen LogP contribution < -0.4 is 5.32 Å². The number of carbonyl (C=O) groups is 3. The van der Waals surface area contributed by atoms with Crippen molar-refractivity contribution < 1.29 is 23.9 Å². The van der Waals surface area contributed by atoms with Crippen LogP contribution in [0, 0.1) is 0 Å². The number of nitrogens with one attached hydrogen (secondary N) is 1. The molecule has 0 aliphatic carbocycles. The minimum absolute atomic E-state index is 0.316. The van der Waals surface area contributed by atoms with Crippen LogP contribution in [0.5, 0.6) is 0 Å². The van der Waals surface area contributed by atoms with E-state index in [4.69, 9.17) is 9.47 Å². The molecule has 1 N–H and O–H groups in total. The number of nitrogens with zero attached hydrogens (tertiary/aromatic N) is 1. The molecule has 2 amide bonds. The highest BCUT2D eigenvalue weighted by atomic mass is 16.5. The van der Waals surface area contributed by atoms with Crippen molar-refractivity contribution in [1.82, 2.24) is 9.88 Å². The zero-order valence-electron chi connectivity index (χ0n) is 13.4. The highest BCUT2D eigenvalue weighted by molar-refractivity contribution is 6.04. The molecule has 0 saturated heterocycles. The van der Waals surface area contributed by atoms with E-state index in [0.717, 1.165) is 5.56 Å². The van der Waals surface area contributed by atoms with Gasteiger partial charge in [-0.15, -0.1) is 0 Å². The predicted molar refractivity (Wildman–Crippen MR) is 85.3 cm³/mol. The number of amides is 2. The number of esters is 1. The molecule has 1 heterocycles. The minimum Gasteiger partial charge on any atom is -0.452 e. The summed E-state index contributed by atoms with van der Waals surface area (Å²) in [6.45, 7) is -0.0895. The Morgan fingerprint density at radius 3 is 2.42 bits per heavy atom. The smallest absolute Gasteiger partial charge is 0.338 e. The van der Waals surface area contributed by atoms with Crippen LogP contribution in [0.3, 0.4) is 0 Å². The Balaban J connectivity index is 1.83. The monoisotopic (exact) mass is 330 g/mol. The van der Waals surface area contributed by atoms with Gasteiger partial charge in [-0.25, -0.2) is 4.79 Å². The maximum Gasteiger partial charge on any atom is 0.338 e. The van der Waals surface area contributed by atoms with Crippen LogP contribution in [-0.2, 0) is 27.9 Å². The third-order valence-corrected chi connectivity index (χ3v) is 3.26. The molecule has 24 heavy (non-hydrogen) atoms. The number of rotatable bonds is 6. The zero-order chi connectivity index (χ0) is 17.5. The van der Waals surface area contributed by atoms with Crippen molar-refractivity contribution >= 4 is 17.8 Å². The summed E-state index contributed by atoms with van der Waals surface area (Å²) < 4.78 is 11.5. The second kappa shape index (κ2) is 8.07. The quantitative estimate of drug-likeness (QED) is 0.807. The van der Waals surface area contributed by atoms with Gasteiger partial charge in [0.05, 0.1) is 12.2 Å². The molecule has 1 aromatic carbocycles. The van der Waals surface area contributed by atoms with Crippen LogP contribution >= 0.6 is 0 Å². The molecule has 7 heteroatoms. The molecule has 0 unspecified atom stereocenters. The topological polar surface area (TPSA) is 86.6 Å². The van der Waals surface area contributed by atoms with Gasteiger partial charge in [0, 0.05) is 20.4 Å². The summed E-state index contributed by atoms with van der Waals surface area (Å²) >= 11 is 0. The number of aryl methyl sites for hydroxylation is 1. The summed E-state index contributed by atoms with van der Waals surface area (Å²) in [6, 6.07) is 9.91. The van der Waals surface area contributed by atoms with Crippen LogP contribution in [-0.4, -0.2) is 36.1 Å². The Morgan fingerprint density at radius 1 is 1.12 bits per heavy atom. The average Bonchev–Trinajstić information content (AvgIpc) is 3.00. The van der Waals surface area contributed by atoms with Crippen molar-refractivity contribution in [3.8, 4) is 0 Å². The van der Waals surface area contributed by atoms with E-state index in [2.05, 4.69) is 5.32 Å². The second-order valence-electron chi connectivity index (χ2n) is 5.09. The van der Waals surface area contributed by atoms with Gasteiger partial charge in [0.2, 0.25) is 0 Å². The molecular weight excluding hydrogens is 312 g/mol. The second-order valence-corrected chi connectivity index (χ2v) is 5.09. The van der Waals surface area contributed by atoms with E-state index in [1.165, 1.54) is 0 Å². The van der Waals surface area contributed by atoms with E-state index in [0.29, 0.717) is 17.9 Å². The molecule has 2 aromatic rings. The maximum absolute atomic E-state index is 11.9. The Labute approximate surface area is 139 Å². The lowest BCUT2D eigenvalue weighted by Gasteiger charge is -2.07. The maximum atomic E-state index is 11.9. The first-order valence-corrected chi connectivity index (χ1v) is 7.21. The van der Waals surface area contributed by atoms with Gasteiger partial charge in [-0.3, -0.25) is 14.9 Å². The van der Waals surface area contributed by atoms with Gasteiger partial charge in [-0.2, -0.15) is 0 Å². The molecular formula is C17H18N2O5. The Morgan fingerprint density at radius 2 is 1.83 bits per heavy atom. The van der Waals surface area contributed by atoms with Crippen LogP contribution in [0.4, 0.5) is 0 Å². The van der Waals surface area contributed by atoms with Crippen LogP contribution in [0.1, 0.15) is 26.4 Å². The lowest BCUT2D eigenvalue weighted by atomic mass is 10.1. The number of aromatic nitrogens is 1. The first-order valence-electron chi connectivity index (χ1n) is 7.21. The standard InChI is InChI=1S/C17H18N2O5/c1-19-9-3-4-14(19)16(21)18-15(20)11-24-17(22)13-7-5-12(6-8-13)10-23-2/h3-9H,10-11H2,1-2H3,(H,18,20,21). The lowest BCUT2D eigenvalue weighted by Crippen LogP contribution is -2.35. The molecule has 0 atom stereocenters. The minimum atomic E-state index is -0.689. The Hall–Kier alpha value is -2.93. The van der Waals surface area contributed by atoms with Crippen molar-refractivity contribution in [1.29, 1.82) is 0 Å². The molecule has 7 nitrogen and oxygen atoms in total. The Bertz CT molecular complexity index is 734. The lowest BCUT2D eigenvalue weighted by molar-refractivity contribution is -0.123. The van der Waals surface area contributed by atoms with Crippen molar-refractivity contribution in [2.45, 2.75) is 6.61 Å². The van der Waals surface area contributed by atoms with Crippen molar-refractivity contribution in [3.05, 3.63) is 59.4 Å². The van der Waals surface area contributed by atoms with Crippen molar-refractivity contribution in [3.63, 3.8) is 0 Å². The van der Waals surface area contributed by atoms with Gasteiger partial charge in [0.25, 0.3) is 11.8 Å². The molecule has 0 aliphatic rings. The number of imide groups is 1.